The Kier molecular flexibility index (Phi) is 14.7. The number of pyridine rings is 1. The fraction of sp³-hybridized carbons (Fsp3) is 0.465. The number of allylic oxidation sites excluding steroid dienone is 1. The molecule has 0 bridgehead atoms. The van der Waals surface area contributed by atoms with Crippen LogP contribution < -0.4 is 19.5 Å². The van der Waals surface area contributed by atoms with Gasteiger partial charge in [0.1, 0.15) is 22.8 Å². The molecule has 3 atom stereocenters. The molecule has 2 unspecified atom stereocenters. The van der Waals surface area contributed by atoms with Crippen molar-refractivity contribution < 1.29 is 48.3 Å². The van der Waals surface area contributed by atoms with Gasteiger partial charge in [0.15, 0.2) is 11.5 Å². The molecule has 1 saturated heterocycles. The summed E-state index contributed by atoms with van der Waals surface area (Å²) in [6.07, 6.45) is 11.8. The largest absolute Gasteiger partial charge is 0.507 e. The summed E-state index contributed by atoms with van der Waals surface area (Å²) in [6.45, 7) is 2.39. The van der Waals surface area contributed by atoms with Crippen LogP contribution in [0, 0.1) is 0 Å². The van der Waals surface area contributed by atoms with E-state index < -0.39 is 29.6 Å². The van der Waals surface area contributed by atoms with Gasteiger partial charge in [-0.15, -0.1) is 0 Å². The van der Waals surface area contributed by atoms with Crippen LogP contribution in [0.25, 0.3) is 6.08 Å². The number of fused-ring (bicyclic) bond motifs is 1. The number of esters is 1. The number of amides is 2. The number of Topliss-reactive ketones (excluding diaryl/α,β-unsaturated/α-hetero) is 1. The Bertz CT molecular complexity index is 1870. The monoisotopic (exact) mass is 771 g/mol. The smallest absolute Gasteiger partial charge is 0.342 e. The van der Waals surface area contributed by atoms with Gasteiger partial charge in [0, 0.05) is 62.6 Å². The van der Waals surface area contributed by atoms with Gasteiger partial charge in [-0.1, -0.05) is 18.2 Å². The molecule has 0 aliphatic carbocycles. The second-order valence-electron chi connectivity index (χ2n) is 14.3. The van der Waals surface area contributed by atoms with E-state index in [4.69, 9.17) is 18.9 Å². The Morgan fingerprint density at radius 2 is 1.75 bits per heavy atom. The number of nitrogens with one attached hydrogen (secondary N) is 1. The van der Waals surface area contributed by atoms with Crippen LogP contribution in [0.4, 0.5) is 0 Å². The number of likely N-dealkylation sites (tertiary alicyclic amines) is 1. The first kappa shape index (κ1) is 41.6. The molecule has 5 rings (SSSR count). The standard InChI is InChI=1S/C43H53N3O10/c1-27-12-10-16-31(47)15-7-5-6-13-28-22-34(48)40(41(51)39(28)43(52)56-27)32(30-23-35(53-2)42(55-4)36(24-30)54-3)25-37(49)45-20-18-38(50)46-21-9-8-17-33(46)29-14-11-19-44-26-29/h6,11,13-14,19,22-24,26-27,32-33,48,51H,5,7-10,12,15-18,20-21,25H2,1-4H3,(H,45,49)/t27-,32?,33?/m0/s1. The first-order valence-electron chi connectivity index (χ1n) is 19.3. The normalized spacial score (nSPS) is 18.5. The lowest BCUT2D eigenvalue weighted by Gasteiger charge is -2.36. The number of ketones is 1. The molecular formula is C43H53N3O10. The summed E-state index contributed by atoms with van der Waals surface area (Å²) in [5.74, 6) is -2.33. The molecule has 56 heavy (non-hydrogen) atoms. The summed E-state index contributed by atoms with van der Waals surface area (Å²) < 4.78 is 22.5. The van der Waals surface area contributed by atoms with Crippen molar-refractivity contribution in [1.29, 1.82) is 0 Å². The van der Waals surface area contributed by atoms with E-state index in [9.17, 15) is 29.4 Å². The van der Waals surface area contributed by atoms with Crippen LogP contribution in [0.5, 0.6) is 28.7 Å². The zero-order chi connectivity index (χ0) is 40.2. The Hall–Kier alpha value is -5.59. The van der Waals surface area contributed by atoms with Crippen LogP contribution in [0.2, 0.25) is 0 Å². The first-order chi connectivity index (χ1) is 27.1. The highest BCUT2D eigenvalue weighted by Gasteiger charge is 2.33. The maximum atomic E-state index is 13.8. The highest BCUT2D eigenvalue weighted by Crippen LogP contribution is 2.48. The van der Waals surface area contributed by atoms with E-state index in [-0.39, 0.29) is 71.1 Å². The highest BCUT2D eigenvalue weighted by molar-refractivity contribution is 5.98. The zero-order valence-electron chi connectivity index (χ0n) is 32.7. The van der Waals surface area contributed by atoms with Gasteiger partial charge in [-0.2, -0.15) is 0 Å². The molecule has 13 nitrogen and oxygen atoms in total. The van der Waals surface area contributed by atoms with Crippen LogP contribution in [-0.2, 0) is 19.1 Å². The summed E-state index contributed by atoms with van der Waals surface area (Å²) in [5, 5.41) is 26.5. The number of carbonyl (C=O) groups is 4. The zero-order valence-corrected chi connectivity index (χ0v) is 32.7. The molecule has 2 aliphatic rings. The third-order valence-corrected chi connectivity index (χ3v) is 10.4. The minimum Gasteiger partial charge on any atom is -0.507 e. The number of nitrogens with zero attached hydrogens (tertiary/aromatic N) is 2. The van der Waals surface area contributed by atoms with Crippen molar-refractivity contribution in [2.45, 2.75) is 95.6 Å². The molecule has 1 aromatic heterocycles. The van der Waals surface area contributed by atoms with E-state index in [1.54, 1.807) is 43.6 Å². The van der Waals surface area contributed by atoms with Crippen molar-refractivity contribution in [3.05, 3.63) is 76.6 Å². The summed E-state index contributed by atoms with van der Waals surface area (Å²) in [4.78, 5) is 59.5. The molecule has 2 aliphatic heterocycles. The molecule has 3 heterocycles. The Balaban J connectivity index is 1.48. The lowest BCUT2D eigenvalue weighted by molar-refractivity contribution is -0.135. The topological polar surface area (TPSA) is 174 Å². The number of cyclic esters (lactones) is 1. The molecule has 3 N–H and O–H groups in total. The fourth-order valence-electron chi connectivity index (χ4n) is 7.57. The predicted octanol–water partition coefficient (Wildman–Crippen LogP) is 6.78. The van der Waals surface area contributed by atoms with Gasteiger partial charge in [0.2, 0.25) is 17.6 Å². The number of piperidine rings is 1. The maximum Gasteiger partial charge on any atom is 0.342 e. The van der Waals surface area contributed by atoms with E-state index in [1.165, 1.54) is 27.4 Å². The molecule has 300 valence electrons. The fourth-order valence-corrected chi connectivity index (χ4v) is 7.57. The minimum atomic E-state index is -1.05. The van der Waals surface area contributed by atoms with Crippen molar-refractivity contribution >= 4 is 29.6 Å². The Morgan fingerprint density at radius 1 is 1.00 bits per heavy atom. The van der Waals surface area contributed by atoms with Crippen LogP contribution >= 0.6 is 0 Å². The quantitative estimate of drug-likeness (QED) is 0.175. The summed E-state index contributed by atoms with van der Waals surface area (Å²) in [6, 6.07) is 8.34. The van der Waals surface area contributed by atoms with Crippen molar-refractivity contribution in [3.63, 3.8) is 0 Å². The summed E-state index contributed by atoms with van der Waals surface area (Å²) in [5.41, 5.74) is 1.36. The molecule has 1 fully saturated rings. The number of phenolic OH excluding ortho intramolecular Hbond substituents is 2. The van der Waals surface area contributed by atoms with E-state index in [1.807, 2.05) is 17.0 Å². The Morgan fingerprint density at radius 3 is 2.45 bits per heavy atom. The SMILES string of the molecule is COc1cc(C(CC(=O)NCCC(=O)N2CCCCC2c2cccnc2)c2c(O)cc3c(c2O)C(=O)O[C@@H](C)CCCC(=O)CCCC=C3)cc(OC)c1OC. The second-order valence-corrected chi connectivity index (χ2v) is 14.3. The number of ether oxygens (including phenoxy) is 4. The predicted molar refractivity (Wildman–Crippen MR) is 209 cm³/mol. The van der Waals surface area contributed by atoms with E-state index in [2.05, 4.69) is 10.3 Å². The second kappa shape index (κ2) is 19.8. The summed E-state index contributed by atoms with van der Waals surface area (Å²) >= 11 is 0. The molecular weight excluding hydrogens is 718 g/mol. The van der Waals surface area contributed by atoms with E-state index in [0.717, 1.165) is 24.8 Å². The highest BCUT2D eigenvalue weighted by atomic mass is 16.5. The maximum absolute atomic E-state index is 13.8. The molecule has 0 saturated carbocycles. The number of benzene rings is 2. The third kappa shape index (κ3) is 10.2. The van der Waals surface area contributed by atoms with Crippen molar-refractivity contribution in [2.75, 3.05) is 34.4 Å². The molecule has 0 radical (unpaired) electrons. The van der Waals surface area contributed by atoms with Gasteiger partial charge < -0.3 is 39.4 Å². The summed E-state index contributed by atoms with van der Waals surface area (Å²) in [7, 11) is 4.35. The minimum absolute atomic E-state index is 0.0542. The van der Waals surface area contributed by atoms with Gasteiger partial charge in [0.05, 0.1) is 33.5 Å². The van der Waals surface area contributed by atoms with Crippen LogP contribution in [0.15, 0.2) is 48.8 Å². The van der Waals surface area contributed by atoms with Crippen LogP contribution in [-0.4, -0.2) is 84.2 Å². The van der Waals surface area contributed by atoms with Gasteiger partial charge >= 0.3 is 5.97 Å². The third-order valence-electron chi connectivity index (χ3n) is 10.4. The van der Waals surface area contributed by atoms with Gasteiger partial charge in [-0.25, -0.2) is 4.79 Å². The molecule has 0 spiro atoms. The van der Waals surface area contributed by atoms with Crippen LogP contribution in [0.1, 0.15) is 122 Å². The number of hydrogen-bond donors (Lipinski definition) is 3. The van der Waals surface area contributed by atoms with Crippen molar-refractivity contribution in [2.24, 2.45) is 0 Å². The lowest BCUT2D eigenvalue weighted by Crippen LogP contribution is -2.40. The molecule has 3 aromatic rings. The number of carbonyl (C=O) groups excluding carboxylic acids is 4. The lowest BCUT2D eigenvalue weighted by atomic mass is 9.84. The van der Waals surface area contributed by atoms with E-state index >= 15 is 0 Å². The van der Waals surface area contributed by atoms with Gasteiger partial charge in [0.25, 0.3) is 0 Å². The number of rotatable bonds is 11. The van der Waals surface area contributed by atoms with Gasteiger partial charge in [-0.3, -0.25) is 19.4 Å². The number of hydrogen-bond acceptors (Lipinski definition) is 11. The molecule has 13 heteroatoms. The van der Waals surface area contributed by atoms with Crippen molar-refractivity contribution in [3.8, 4) is 28.7 Å². The molecule has 2 aromatic carbocycles. The number of phenols is 2. The van der Waals surface area contributed by atoms with E-state index in [0.29, 0.717) is 56.4 Å². The number of methoxy groups -OCH3 is 3. The number of aromatic hydroxyl groups is 2. The van der Waals surface area contributed by atoms with Crippen molar-refractivity contribution in [1.82, 2.24) is 15.2 Å². The Labute approximate surface area is 328 Å². The average Bonchev–Trinajstić information content (AvgIpc) is 3.19. The molecule has 2 amide bonds. The number of aromatic nitrogens is 1. The first-order valence-corrected chi connectivity index (χ1v) is 19.3. The van der Waals surface area contributed by atoms with Crippen LogP contribution in [0.3, 0.4) is 0 Å². The van der Waals surface area contributed by atoms with Gasteiger partial charge in [-0.05, 0) is 92.8 Å². The average molecular weight is 772 g/mol.